The average molecular weight is 293 g/mol. The highest BCUT2D eigenvalue weighted by molar-refractivity contribution is 7.98. The molecule has 2 atom stereocenters. The van der Waals surface area contributed by atoms with E-state index in [-0.39, 0.29) is 16.9 Å². The van der Waals surface area contributed by atoms with Crippen LogP contribution >= 0.6 is 11.8 Å². The van der Waals surface area contributed by atoms with Crippen LogP contribution in [0.15, 0.2) is 29.2 Å². The average Bonchev–Trinajstić information content (AvgIpc) is 2.34. The number of thioether (sulfide) groups is 1. The van der Waals surface area contributed by atoms with Gasteiger partial charge in [0.25, 0.3) is 0 Å². The minimum atomic E-state index is -0.164. The van der Waals surface area contributed by atoms with E-state index < -0.39 is 0 Å². The molecule has 1 aromatic carbocycles. The molecule has 2 unspecified atom stereocenters. The second kappa shape index (κ2) is 5.98. The van der Waals surface area contributed by atoms with Gasteiger partial charge < -0.3 is 10.4 Å². The van der Waals surface area contributed by atoms with Crippen LogP contribution < -0.4 is 5.32 Å². The van der Waals surface area contributed by atoms with Crippen LogP contribution in [-0.4, -0.2) is 24.0 Å². The van der Waals surface area contributed by atoms with Crippen LogP contribution in [0.3, 0.4) is 0 Å². The maximum atomic E-state index is 10.1. The Morgan fingerprint density at radius 2 is 2.05 bits per heavy atom. The zero-order valence-electron chi connectivity index (χ0n) is 13.1. The SMILES string of the molecule is CSc1cccc(NCC2(C)CC(O)CC(C)(C)C2)c1. The fraction of sp³-hybridized carbons (Fsp3) is 0.647. The second-order valence-electron chi connectivity index (χ2n) is 7.30. The standard InChI is InChI=1S/C17H27NOS/c1-16(2)9-14(19)10-17(3,11-16)12-18-13-6-5-7-15(8-13)20-4/h5-8,14,18-19H,9-12H2,1-4H3. The van der Waals surface area contributed by atoms with Gasteiger partial charge in [-0.2, -0.15) is 0 Å². The zero-order valence-corrected chi connectivity index (χ0v) is 13.9. The monoisotopic (exact) mass is 293 g/mol. The Labute approximate surface area is 127 Å². The van der Waals surface area contributed by atoms with E-state index in [1.54, 1.807) is 11.8 Å². The molecule has 20 heavy (non-hydrogen) atoms. The van der Waals surface area contributed by atoms with Gasteiger partial charge in [-0.3, -0.25) is 0 Å². The number of rotatable bonds is 4. The molecule has 1 aliphatic carbocycles. The molecule has 1 aliphatic rings. The van der Waals surface area contributed by atoms with Crippen LogP contribution in [-0.2, 0) is 0 Å². The lowest BCUT2D eigenvalue weighted by Gasteiger charge is -2.45. The molecule has 0 aromatic heterocycles. The van der Waals surface area contributed by atoms with Crippen molar-refractivity contribution >= 4 is 17.4 Å². The molecule has 112 valence electrons. The van der Waals surface area contributed by atoms with E-state index in [4.69, 9.17) is 0 Å². The summed E-state index contributed by atoms with van der Waals surface area (Å²) in [5.74, 6) is 0. The number of hydrogen-bond donors (Lipinski definition) is 2. The van der Waals surface area contributed by atoms with Gasteiger partial charge in [0.05, 0.1) is 6.10 Å². The molecular formula is C17H27NOS. The molecule has 0 heterocycles. The van der Waals surface area contributed by atoms with Gasteiger partial charge in [0.15, 0.2) is 0 Å². The molecule has 0 spiro atoms. The molecule has 2 nitrogen and oxygen atoms in total. The summed E-state index contributed by atoms with van der Waals surface area (Å²) in [7, 11) is 0. The van der Waals surface area contributed by atoms with Crippen LogP contribution in [0.25, 0.3) is 0 Å². The zero-order chi connectivity index (χ0) is 14.8. The molecule has 0 bridgehead atoms. The molecule has 0 amide bonds. The number of nitrogens with one attached hydrogen (secondary N) is 1. The quantitative estimate of drug-likeness (QED) is 0.807. The molecule has 2 N–H and O–H groups in total. The largest absolute Gasteiger partial charge is 0.393 e. The number of aliphatic hydroxyl groups is 1. The fourth-order valence-electron chi connectivity index (χ4n) is 3.76. The maximum absolute atomic E-state index is 10.1. The van der Waals surface area contributed by atoms with Crippen LogP contribution in [0.1, 0.15) is 40.0 Å². The summed E-state index contributed by atoms with van der Waals surface area (Å²) < 4.78 is 0. The summed E-state index contributed by atoms with van der Waals surface area (Å²) in [6.07, 6.45) is 4.91. The number of anilines is 1. The van der Waals surface area contributed by atoms with Gasteiger partial charge in [0, 0.05) is 17.1 Å². The maximum Gasteiger partial charge on any atom is 0.0551 e. The summed E-state index contributed by atoms with van der Waals surface area (Å²) >= 11 is 1.76. The van der Waals surface area contributed by atoms with Gasteiger partial charge >= 0.3 is 0 Å². The molecule has 1 saturated carbocycles. The van der Waals surface area contributed by atoms with Gasteiger partial charge in [0.2, 0.25) is 0 Å². The Balaban J connectivity index is 2.01. The van der Waals surface area contributed by atoms with Crippen molar-refractivity contribution in [2.45, 2.75) is 51.0 Å². The highest BCUT2D eigenvalue weighted by atomic mass is 32.2. The third-order valence-corrected chi connectivity index (χ3v) is 4.94. The van der Waals surface area contributed by atoms with E-state index in [0.717, 1.165) is 25.8 Å². The van der Waals surface area contributed by atoms with Crippen molar-refractivity contribution in [2.24, 2.45) is 10.8 Å². The van der Waals surface area contributed by atoms with E-state index in [1.165, 1.54) is 10.6 Å². The Hall–Kier alpha value is -0.670. The molecule has 1 fully saturated rings. The van der Waals surface area contributed by atoms with Crippen LogP contribution in [0.5, 0.6) is 0 Å². The molecule has 0 aliphatic heterocycles. The minimum absolute atomic E-state index is 0.163. The number of benzene rings is 1. The van der Waals surface area contributed by atoms with Crippen molar-refractivity contribution in [1.82, 2.24) is 0 Å². The predicted octanol–water partition coefficient (Wildman–Crippen LogP) is 4.40. The summed E-state index contributed by atoms with van der Waals surface area (Å²) in [6, 6.07) is 8.53. The van der Waals surface area contributed by atoms with Crippen molar-refractivity contribution in [1.29, 1.82) is 0 Å². The Morgan fingerprint density at radius 1 is 1.30 bits per heavy atom. The molecule has 0 saturated heterocycles. The highest BCUT2D eigenvalue weighted by Crippen LogP contribution is 2.46. The van der Waals surface area contributed by atoms with Crippen molar-refractivity contribution in [3.8, 4) is 0 Å². The van der Waals surface area contributed by atoms with Gasteiger partial charge in [0.1, 0.15) is 0 Å². The molecular weight excluding hydrogens is 266 g/mol. The van der Waals surface area contributed by atoms with Crippen LogP contribution in [0.4, 0.5) is 5.69 Å². The van der Waals surface area contributed by atoms with Crippen molar-refractivity contribution < 1.29 is 5.11 Å². The molecule has 0 radical (unpaired) electrons. The van der Waals surface area contributed by atoms with Gasteiger partial charge in [-0.15, -0.1) is 11.8 Å². The van der Waals surface area contributed by atoms with Crippen molar-refractivity contribution in [3.63, 3.8) is 0 Å². The van der Waals surface area contributed by atoms with E-state index in [2.05, 4.69) is 56.6 Å². The molecule has 1 aromatic rings. The number of hydrogen-bond acceptors (Lipinski definition) is 3. The predicted molar refractivity (Wildman–Crippen MR) is 88.5 cm³/mol. The first-order valence-corrected chi connectivity index (χ1v) is 8.60. The minimum Gasteiger partial charge on any atom is -0.393 e. The van der Waals surface area contributed by atoms with Crippen molar-refractivity contribution in [3.05, 3.63) is 24.3 Å². The van der Waals surface area contributed by atoms with E-state index in [1.807, 2.05) is 0 Å². The summed E-state index contributed by atoms with van der Waals surface area (Å²) in [6.45, 7) is 7.75. The fourth-order valence-corrected chi connectivity index (χ4v) is 4.22. The Bertz CT molecular complexity index is 460. The topological polar surface area (TPSA) is 32.3 Å². The molecule has 2 rings (SSSR count). The normalized spacial score (nSPS) is 29.1. The first-order valence-electron chi connectivity index (χ1n) is 7.38. The van der Waals surface area contributed by atoms with Gasteiger partial charge in [-0.25, -0.2) is 0 Å². The Morgan fingerprint density at radius 3 is 2.70 bits per heavy atom. The third-order valence-electron chi connectivity index (χ3n) is 4.21. The van der Waals surface area contributed by atoms with Crippen LogP contribution in [0, 0.1) is 10.8 Å². The first kappa shape index (κ1) is 15.7. The lowest BCUT2D eigenvalue weighted by atomic mass is 9.63. The Kier molecular flexibility index (Phi) is 4.70. The van der Waals surface area contributed by atoms with E-state index in [0.29, 0.717) is 0 Å². The highest BCUT2D eigenvalue weighted by Gasteiger charge is 2.40. The summed E-state index contributed by atoms with van der Waals surface area (Å²) in [4.78, 5) is 1.28. The second-order valence-corrected chi connectivity index (χ2v) is 8.18. The van der Waals surface area contributed by atoms with E-state index in [9.17, 15) is 5.11 Å². The van der Waals surface area contributed by atoms with Crippen molar-refractivity contribution in [2.75, 3.05) is 18.1 Å². The first-order chi connectivity index (χ1) is 9.32. The van der Waals surface area contributed by atoms with E-state index >= 15 is 0 Å². The third kappa shape index (κ3) is 4.16. The summed E-state index contributed by atoms with van der Waals surface area (Å²) in [5, 5.41) is 13.7. The summed E-state index contributed by atoms with van der Waals surface area (Å²) in [5.41, 5.74) is 1.57. The lowest BCUT2D eigenvalue weighted by molar-refractivity contribution is -0.00317. The molecule has 3 heteroatoms. The number of aliphatic hydroxyl groups excluding tert-OH is 1. The van der Waals surface area contributed by atoms with Gasteiger partial charge in [-0.1, -0.05) is 26.8 Å². The lowest BCUT2D eigenvalue weighted by Crippen LogP contribution is -2.42. The van der Waals surface area contributed by atoms with Crippen LogP contribution in [0.2, 0.25) is 0 Å². The van der Waals surface area contributed by atoms with Gasteiger partial charge in [-0.05, 0) is 54.5 Å². The smallest absolute Gasteiger partial charge is 0.0551 e.